The highest BCUT2D eigenvalue weighted by Gasteiger charge is 2.22. The second-order valence-electron chi connectivity index (χ2n) is 5.08. The van der Waals surface area contributed by atoms with Crippen molar-refractivity contribution in [3.63, 3.8) is 0 Å². The van der Waals surface area contributed by atoms with Crippen molar-refractivity contribution in [2.75, 3.05) is 11.9 Å². The van der Waals surface area contributed by atoms with Crippen molar-refractivity contribution in [2.45, 2.75) is 25.8 Å². The summed E-state index contributed by atoms with van der Waals surface area (Å²) < 4.78 is 5.06. The molecule has 3 rings (SSSR count). The molecule has 1 aliphatic rings. The molecule has 1 aliphatic heterocycles. The van der Waals surface area contributed by atoms with Gasteiger partial charge in [-0.25, -0.2) is 0 Å². The molecule has 0 saturated heterocycles. The van der Waals surface area contributed by atoms with E-state index < -0.39 is 0 Å². The lowest BCUT2D eigenvalue weighted by atomic mass is 9.96. The number of carbonyl (C=O) groups excluding carboxylic acids is 1. The van der Waals surface area contributed by atoms with Crippen LogP contribution in [0.15, 0.2) is 27.9 Å². The molecule has 2 heterocycles. The van der Waals surface area contributed by atoms with E-state index in [0.29, 0.717) is 29.1 Å². The number of nitrogens with zero attached hydrogens (tertiary/aromatic N) is 5. The lowest BCUT2D eigenvalue weighted by Crippen LogP contribution is -2.33. The minimum atomic E-state index is 0.392. The molecule has 1 unspecified atom stereocenters. The smallest absolute Gasteiger partial charge is 0.298 e. The minimum absolute atomic E-state index is 0.392. The molecule has 0 fully saturated rings. The Morgan fingerprint density at radius 3 is 3.05 bits per heavy atom. The molecule has 0 radical (unpaired) electrons. The number of aromatic nitrogens is 2. The first-order valence-corrected chi connectivity index (χ1v) is 7.75. The SMILES string of the molecule is CC1CCc2cc(N=Nc3nncs3)c(OC=O)cc2N1C. The van der Waals surface area contributed by atoms with Crippen LogP contribution >= 0.6 is 11.3 Å². The van der Waals surface area contributed by atoms with Gasteiger partial charge < -0.3 is 9.64 Å². The maximum absolute atomic E-state index is 10.7. The Morgan fingerprint density at radius 2 is 2.32 bits per heavy atom. The molecule has 0 saturated carbocycles. The number of azo groups is 1. The molecule has 0 spiro atoms. The van der Waals surface area contributed by atoms with Crippen molar-refractivity contribution in [3.05, 3.63) is 23.2 Å². The fraction of sp³-hybridized carbons (Fsp3) is 0.357. The average molecular weight is 317 g/mol. The summed E-state index contributed by atoms with van der Waals surface area (Å²) in [7, 11) is 2.04. The normalized spacial score (nSPS) is 17.5. The van der Waals surface area contributed by atoms with Crippen LogP contribution in [0, 0.1) is 0 Å². The van der Waals surface area contributed by atoms with E-state index in [1.165, 1.54) is 16.9 Å². The van der Waals surface area contributed by atoms with Crippen molar-refractivity contribution in [1.82, 2.24) is 10.2 Å². The fourth-order valence-electron chi connectivity index (χ4n) is 2.46. The lowest BCUT2D eigenvalue weighted by Gasteiger charge is -2.34. The van der Waals surface area contributed by atoms with Crippen molar-refractivity contribution in [2.24, 2.45) is 10.2 Å². The number of anilines is 1. The third-order valence-electron chi connectivity index (χ3n) is 3.80. The Hall–Kier alpha value is -2.35. The topological polar surface area (TPSA) is 80.0 Å². The van der Waals surface area contributed by atoms with E-state index in [0.717, 1.165) is 18.5 Å². The van der Waals surface area contributed by atoms with Crippen molar-refractivity contribution in [3.8, 4) is 5.75 Å². The van der Waals surface area contributed by atoms with Gasteiger partial charge in [0.25, 0.3) is 11.6 Å². The third-order valence-corrected chi connectivity index (χ3v) is 4.37. The monoisotopic (exact) mass is 317 g/mol. The van der Waals surface area contributed by atoms with Crippen molar-refractivity contribution < 1.29 is 9.53 Å². The quantitative estimate of drug-likeness (QED) is 0.638. The summed E-state index contributed by atoms with van der Waals surface area (Å²) in [6.45, 7) is 2.57. The van der Waals surface area contributed by atoms with Gasteiger partial charge in [0.2, 0.25) is 0 Å². The summed E-state index contributed by atoms with van der Waals surface area (Å²) in [5.41, 5.74) is 4.33. The van der Waals surface area contributed by atoms with Crippen LogP contribution in [-0.4, -0.2) is 29.8 Å². The molecule has 2 aromatic rings. The average Bonchev–Trinajstić information content (AvgIpc) is 3.03. The van der Waals surface area contributed by atoms with Crippen molar-refractivity contribution in [1.29, 1.82) is 0 Å². The Labute approximate surface area is 131 Å². The van der Waals surface area contributed by atoms with E-state index >= 15 is 0 Å². The van der Waals surface area contributed by atoms with Crippen molar-refractivity contribution >= 4 is 34.3 Å². The van der Waals surface area contributed by atoms with Crippen LogP contribution in [0.5, 0.6) is 5.75 Å². The molecule has 1 aromatic heterocycles. The summed E-state index contributed by atoms with van der Waals surface area (Å²) in [4.78, 5) is 12.9. The maximum atomic E-state index is 10.7. The molecule has 0 bridgehead atoms. The second-order valence-corrected chi connectivity index (χ2v) is 5.89. The van der Waals surface area contributed by atoms with E-state index in [2.05, 4.69) is 32.2 Å². The zero-order valence-corrected chi connectivity index (χ0v) is 13.1. The number of carbonyl (C=O) groups is 1. The minimum Gasteiger partial charge on any atom is -0.426 e. The first-order valence-electron chi connectivity index (χ1n) is 6.87. The largest absolute Gasteiger partial charge is 0.426 e. The van der Waals surface area contributed by atoms with Crippen LogP contribution in [0.4, 0.5) is 16.5 Å². The highest BCUT2D eigenvalue weighted by molar-refractivity contribution is 7.13. The summed E-state index contributed by atoms with van der Waals surface area (Å²) in [5.74, 6) is 0.392. The predicted molar refractivity (Wildman–Crippen MR) is 83.4 cm³/mol. The molecule has 0 N–H and O–H groups in total. The molecule has 0 amide bonds. The van der Waals surface area contributed by atoms with Gasteiger partial charge in [-0.2, -0.15) is 0 Å². The third kappa shape index (κ3) is 2.82. The summed E-state index contributed by atoms with van der Waals surface area (Å²) in [6, 6.07) is 4.21. The molecule has 0 aliphatic carbocycles. The molecule has 1 atom stereocenters. The van der Waals surface area contributed by atoms with E-state index in [9.17, 15) is 4.79 Å². The van der Waals surface area contributed by atoms with Gasteiger partial charge in [-0.1, -0.05) is 11.3 Å². The maximum Gasteiger partial charge on any atom is 0.298 e. The summed E-state index contributed by atoms with van der Waals surface area (Å²) in [6.07, 6.45) is 2.04. The molecule has 8 heteroatoms. The zero-order valence-electron chi connectivity index (χ0n) is 12.3. The van der Waals surface area contributed by atoms with Gasteiger partial charge >= 0.3 is 0 Å². The number of rotatable bonds is 4. The Bertz CT molecular complexity index is 702. The molecular weight excluding hydrogens is 302 g/mol. The molecule has 22 heavy (non-hydrogen) atoms. The second kappa shape index (κ2) is 6.18. The van der Waals surface area contributed by atoms with E-state index in [-0.39, 0.29) is 0 Å². The number of aryl methyl sites for hydroxylation is 1. The van der Waals surface area contributed by atoms with Crippen LogP contribution in [-0.2, 0) is 11.2 Å². The van der Waals surface area contributed by atoms with Crippen LogP contribution < -0.4 is 9.64 Å². The van der Waals surface area contributed by atoms with Crippen LogP contribution in [0.2, 0.25) is 0 Å². The lowest BCUT2D eigenvalue weighted by molar-refractivity contribution is -0.120. The van der Waals surface area contributed by atoms with Gasteiger partial charge in [0, 0.05) is 24.8 Å². The molecule has 1 aromatic carbocycles. The molecular formula is C14H15N5O2S. The van der Waals surface area contributed by atoms with Crippen LogP contribution in [0.3, 0.4) is 0 Å². The Kier molecular flexibility index (Phi) is 4.10. The molecule has 114 valence electrons. The van der Waals surface area contributed by atoms with Gasteiger partial charge in [-0.3, -0.25) is 4.79 Å². The number of hydrogen-bond donors (Lipinski definition) is 0. The standard InChI is InChI=1S/C14H15N5O2S/c1-9-3-4-10-5-11(16-18-14-17-15-7-22-14)13(21-8-20)6-12(10)19(9)2/h5-9H,3-4H2,1-2H3. The highest BCUT2D eigenvalue weighted by Crippen LogP contribution is 2.39. The number of ether oxygens (including phenoxy) is 1. The molecule has 7 nitrogen and oxygen atoms in total. The van der Waals surface area contributed by atoms with E-state index in [1.54, 1.807) is 5.51 Å². The predicted octanol–water partition coefficient (Wildman–Crippen LogP) is 3.26. The van der Waals surface area contributed by atoms with Crippen LogP contribution in [0.1, 0.15) is 18.9 Å². The fourth-order valence-corrected chi connectivity index (χ4v) is 2.83. The number of hydrogen-bond acceptors (Lipinski definition) is 8. The van der Waals surface area contributed by atoms with Gasteiger partial charge in [-0.15, -0.1) is 20.4 Å². The van der Waals surface area contributed by atoms with Crippen LogP contribution in [0.25, 0.3) is 0 Å². The van der Waals surface area contributed by atoms with E-state index in [4.69, 9.17) is 4.74 Å². The first kappa shape index (κ1) is 14.6. The summed E-state index contributed by atoms with van der Waals surface area (Å²) in [5, 5.41) is 16.1. The van der Waals surface area contributed by atoms with Gasteiger partial charge in [0.15, 0.2) is 5.75 Å². The van der Waals surface area contributed by atoms with Gasteiger partial charge in [0.1, 0.15) is 11.2 Å². The first-order chi connectivity index (χ1) is 10.7. The van der Waals surface area contributed by atoms with Gasteiger partial charge in [-0.05, 0) is 31.4 Å². The summed E-state index contributed by atoms with van der Waals surface area (Å²) >= 11 is 1.29. The zero-order chi connectivity index (χ0) is 15.5. The number of benzene rings is 1. The van der Waals surface area contributed by atoms with E-state index in [1.807, 2.05) is 19.2 Å². The number of fused-ring (bicyclic) bond motifs is 1. The van der Waals surface area contributed by atoms with Gasteiger partial charge in [0.05, 0.1) is 0 Å². The highest BCUT2D eigenvalue weighted by atomic mass is 32.1. The Balaban J connectivity index is 2.00. The Morgan fingerprint density at radius 1 is 1.45 bits per heavy atom.